The number of likely N-dealkylation sites (N-methyl/N-ethyl adjacent to an activating group) is 1. The number of amides is 1. The lowest BCUT2D eigenvalue weighted by Gasteiger charge is -2.34. The van der Waals surface area contributed by atoms with Gasteiger partial charge in [-0.1, -0.05) is 32.0 Å². The number of hydrogen-bond acceptors (Lipinski definition) is 5. The third-order valence-electron chi connectivity index (χ3n) is 5.16. The van der Waals surface area contributed by atoms with E-state index in [0.29, 0.717) is 11.6 Å². The highest BCUT2D eigenvalue weighted by Gasteiger charge is 2.20. The maximum absolute atomic E-state index is 12.9. The van der Waals surface area contributed by atoms with Crippen molar-refractivity contribution >= 4 is 17.5 Å². The lowest BCUT2D eigenvalue weighted by Crippen LogP contribution is -2.47. The number of hydrogen-bond donors (Lipinski definition) is 1. The van der Waals surface area contributed by atoms with Crippen LogP contribution in [-0.2, 0) is 6.42 Å². The van der Waals surface area contributed by atoms with Crippen molar-refractivity contribution < 1.29 is 4.79 Å². The summed E-state index contributed by atoms with van der Waals surface area (Å²) in [6.45, 7) is 13.0. The molecular weight excluding hydrogens is 338 g/mol. The van der Waals surface area contributed by atoms with Gasteiger partial charge >= 0.3 is 0 Å². The van der Waals surface area contributed by atoms with Crippen LogP contribution in [0.2, 0.25) is 0 Å². The molecule has 1 N–H and O–H groups in total. The fourth-order valence-electron chi connectivity index (χ4n) is 3.45. The monoisotopic (exact) mass is 367 g/mol. The van der Waals surface area contributed by atoms with E-state index in [9.17, 15) is 4.79 Å². The first-order valence-electron chi connectivity index (χ1n) is 9.74. The number of carbonyl (C=O) groups excluding carboxylic acids is 1. The van der Waals surface area contributed by atoms with E-state index in [1.807, 2.05) is 32.0 Å². The minimum atomic E-state index is -0.182. The third kappa shape index (κ3) is 4.45. The summed E-state index contributed by atoms with van der Waals surface area (Å²) >= 11 is 0. The highest BCUT2D eigenvalue weighted by Crippen LogP contribution is 2.22. The number of carbonyl (C=O) groups is 1. The second kappa shape index (κ2) is 8.48. The van der Waals surface area contributed by atoms with E-state index in [-0.39, 0.29) is 5.91 Å². The van der Waals surface area contributed by atoms with Gasteiger partial charge in [0.1, 0.15) is 5.69 Å². The molecule has 0 unspecified atom stereocenters. The van der Waals surface area contributed by atoms with Crippen LogP contribution in [0.1, 0.15) is 41.2 Å². The molecule has 2 aromatic rings. The SMILES string of the molecule is CCc1cccc(C)c1NC(=O)c1cc(C)nc(N2CCN(CC)CC2)n1. The Hall–Kier alpha value is -2.47. The van der Waals surface area contributed by atoms with Crippen LogP contribution in [0, 0.1) is 13.8 Å². The Labute approximate surface area is 161 Å². The predicted molar refractivity (Wildman–Crippen MR) is 110 cm³/mol. The Balaban J connectivity index is 1.81. The molecule has 6 nitrogen and oxygen atoms in total. The molecule has 0 saturated carbocycles. The molecule has 2 heterocycles. The highest BCUT2D eigenvalue weighted by molar-refractivity contribution is 6.04. The second-order valence-electron chi connectivity index (χ2n) is 7.03. The van der Waals surface area contributed by atoms with Crippen LogP contribution in [0.4, 0.5) is 11.6 Å². The Morgan fingerprint density at radius 3 is 2.52 bits per heavy atom. The van der Waals surface area contributed by atoms with Gasteiger partial charge in [-0.25, -0.2) is 9.97 Å². The van der Waals surface area contributed by atoms with Crippen molar-refractivity contribution in [3.63, 3.8) is 0 Å². The van der Waals surface area contributed by atoms with Crippen LogP contribution in [0.25, 0.3) is 0 Å². The Morgan fingerprint density at radius 1 is 1.11 bits per heavy atom. The number of aryl methyl sites for hydroxylation is 3. The van der Waals surface area contributed by atoms with Crippen molar-refractivity contribution in [2.24, 2.45) is 0 Å². The number of benzene rings is 1. The summed E-state index contributed by atoms with van der Waals surface area (Å²) < 4.78 is 0. The molecule has 144 valence electrons. The van der Waals surface area contributed by atoms with Crippen molar-refractivity contribution in [1.29, 1.82) is 0 Å². The van der Waals surface area contributed by atoms with E-state index in [1.54, 1.807) is 6.07 Å². The largest absolute Gasteiger partial charge is 0.338 e. The molecule has 0 atom stereocenters. The third-order valence-corrected chi connectivity index (χ3v) is 5.16. The molecule has 1 amide bonds. The second-order valence-corrected chi connectivity index (χ2v) is 7.03. The number of aromatic nitrogens is 2. The molecule has 3 rings (SSSR count). The molecule has 0 radical (unpaired) electrons. The van der Waals surface area contributed by atoms with Crippen molar-refractivity contribution in [3.05, 3.63) is 46.8 Å². The maximum Gasteiger partial charge on any atom is 0.274 e. The first-order valence-corrected chi connectivity index (χ1v) is 9.74. The van der Waals surface area contributed by atoms with Gasteiger partial charge in [0.2, 0.25) is 5.95 Å². The minimum absolute atomic E-state index is 0.182. The standard InChI is InChI=1S/C21H29N5O/c1-5-17-9-7-8-15(3)19(17)24-20(27)18-14-16(4)22-21(23-18)26-12-10-25(6-2)11-13-26/h7-9,14H,5-6,10-13H2,1-4H3,(H,24,27). The van der Waals surface area contributed by atoms with Crippen molar-refractivity contribution in [2.45, 2.75) is 34.1 Å². The van der Waals surface area contributed by atoms with Gasteiger partial charge in [-0.15, -0.1) is 0 Å². The van der Waals surface area contributed by atoms with E-state index in [4.69, 9.17) is 0 Å². The quantitative estimate of drug-likeness (QED) is 0.880. The zero-order valence-corrected chi connectivity index (χ0v) is 16.7. The van der Waals surface area contributed by atoms with E-state index < -0.39 is 0 Å². The minimum Gasteiger partial charge on any atom is -0.338 e. The normalized spacial score (nSPS) is 15.0. The summed E-state index contributed by atoms with van der Waals surface area (Å²) in [5, 5.41) is 3.06. The van der Waals surface area contributed by atoms with Crippen LogP contribution in [0.5, 0.6) is 0 Å². The zero-order valence-electron chi connectivity index (χ0n) is 16.7. The molecule has 0 aliphatic carbocycles. The molecule has 1 fully saturated rings. The summed E-state index contributed by atoms with van der Waals surface area (Å²) in [5.41, 5.74) is 4.30. The van der Waals surface area contributed by atoms with Crippen LogP contribution in [0.3, 0.4) is 0 Å². The number of nitrogens with one attached hydrogen (secondary N) is 1. The van der Waals surface area contributed by atoms with Crippen molar-refractivity contribution in [2.75, 3.05) is 42.9 Å². The molecule has 1 saturated heterocycles. The lowest BCUT2D eigenvalue weighted by molar-refractivity contribution is 0.102. The predicted octanol–water partition coefficient (Wildman–Crippen LogP) is 3.05. The maximum atomic E-state index is 12.9. The summed E-state index contributed by atoms with van der Waals surface area (Å²) in [4.78, 5) is 26.6. The highest BCUT2D eigenvalue weighted by atomic mass is 16.1. The average molecular weight is 367 g/mol. The van der Waals surface area contributed by atoms with E-state index in [2.05, 4.69) is 38.9 Å². The van der Waals surface area contributed by atoms with Gasteiger partial charge in [-0.05, 0) is 44.0 Å². The van der Waals surface area contributed by atoms with Crippen molar-refractivity contribution in [1.82, 2.24) is 14.9 Å². The Morgan fingerprint density at radius 2 is 1.85 bits per heavy atom. The van der Waals surface area contributed by atoms with E-state index >= 15 is 0 Å². The Bertz CT molecular complexity index is 812. The number of anilines is 2. The molecule has 1 aliphatic rings. The number of rotatable bonds is 5. The first-order chi connectivity index (χ1) is 13.0. The molecule has 1 aliphatic heterocycles. The molecule has 0 spiro atoms. The number of para-hydroxylation sites is 1. The van der Waals surface area contributed by atoms with Crippen LogP contribution in [0.15, 0.2) is 24.3 Å². The Kier molecular flexibility index (Phi) is 6.06. The molecule has 1 aromatic carbocycles. The fraction of sp³-hybridized carbons (Fsp3) is 0.476. The van der Waals surface area contributed by atoms with Crippen LogP contribution >= 0.6 is 0 Å². The topological polar surface area (TPSA) is 61.4 Å². The van der Waals surface area contributed by atoms with E-state index in [1.165, 1.54) is 0 Å². The number of piperazine rings is 1. The molecular formula is C21H29N5O. The average Bonchev–Trinajstić information content (AvgIpc) is 2.69. The summed E-state index contributed by atoms with van der Waals surface area (Å²) in [5.74, 6) is 0.467. The van der Waals surface area contributed by atoms with Gasteiger partial charge in [-0.2, -0.15) is 0 Å². The lowest BCUT2D eigenvalue weighted by atomic mass is 10.1. The fourth-order valence-corrected chi connectivity index (χ4v) is 3.45. The van der Waals surface area contributed by atoms with Gasteiger partial charge in [0, 0.05) is 37.6 Å². The molecule has 0 bridgehead atoms. The molecule has 1 aromatic heterocycles. The number of nitrogens with zero attached hydrogens (tertiary/aromatic N) is 4. The molecule has 6 heteroatoms. The van der Waals surface area contributed by atoms with Crippen LogP contribution in [-0.4, -0.2) is 53.5 Å². The smallest absolute Gasteiger partial charge is 0.274 e. The zero-order chi connectivity index (χ0) is 19.4. The summed E-state index contributed by atoms with van der Waals surface area (Å²) in [6.07, 6.45) is 0.868. The molecule has 27 heavy (non-hydrogen) atoms. The van der Waals surface area contributed by atoms with Gasteiger partial charge in [-0.3, -0.25) is 4.79 Å². The van der Waals surface area contributed by atoms with Gasteiger partial charge < -0.3 is 15.1 Å². The van der Waals surface area contributed by atoms with E-state index in [0.717, 1.165) is 61.7 Å². The summed E-state index contributed by atoms with van der Waals surface area (Å²) in [7, 11) is 0. The van der Waals surface area contributed by atoms with Gasteiger partial charge in [0.15, 0.2) is 0 Å². The van der Waals surface area contributed by atoms with Gasteiger partial charge in [0.05, 0.1) is 0 Å². The van der Waals surface area contributed by atoms with Crippen LogP contribution < -0.4 is 10.2 Å². The first kappa shape index (κ1) is 19.3. The summed E-state index contributed by atoms with van der Waals surface area (Å²) in [6, 6.07) is 7.84. The van der Waals surface area contributed by atoms with Gasteiger partial charge in [0.25, 0.3) is 5.91 Å². The van der Waals surface area contributed by atoms with Crippen molar-refractivity contribution in [3.8, 4) is 0 Å².